The molecule has 1 unspecified atom stereocenters. The summed E-state index contributed by atoms with van der Waals surface area (Å²) in [6.07, 6.45) is 3.17. The highest BCUT2D eigenvalue weighted by molar-refractivity contribution is 6.00. The van der Waals surface area contributed by atoms with Gasteiger partial charge in [0.05, 0.1) is 46.8 Å². The first kappa shape index (κ1) is 29.8. The van der Waals surface area contributed by atoms with Crippen LogP contribution in [0, 0.1) is 0 Å². The summed E-state index contributed by atoms with van der Waals surface area (Å²) < 4.78 is 28.2. The minimum atomic E-state index is -0.265. The normalized spacial score (nSPS) is 14.5. The van der Waals surface area contributed by atoms with Crippen LogP contribution in [0.15, 0.2) is 60.8 Å². The molecule has 5 rings (SSSR count). The first-order valence-electron chi connectivity index (χ1n) is 14.2. The maximum Gasteiger partial charge on any atom is 0.319 e. The Balaban J connectivity index is 1.38. The van der Waals surface area contributed by atoms with Gasteiger partial charge in [0, 0.05) is 42.8 Å². The lowest BCUT2D eigenvalue weighted by Gasteiger charge is -2.38. The smallest absolute Gasteiger partial charge is 0.319 e. The van der Waals surface area contributed by atoms with Gasteiger partial charge in [-0.25, -0.2) is 4.79 Å². The van der Waals surface area contributed by atoms with E-state index in [1.165, 1.54) is 5.56 Å². The van der Waals surface area contributed by atoms with Gasteiger partial charge in [0.1, 0.15) is 0 Å². The van der Waals surface area contributed by atoms with E-state index in [2.05, 4.69) is 32.7 Å². The second-order valence-corrected chi connectivity index (χ2v) is 10.2. The van der Waals surface area contributed by atoms with Crippen molar-refractivity contribution in [2.24, 2.45) is 0 Å². The molecule has 2 N–H and O–H groups in total. The van der Waals surface area contributed by atoms with E-state index in [0.29, 0.717) is 48.3 Å². The van der Waals surface area contributed by atoms with E-state index in [1.807, 2.05) is 36.4 Å². The van der Waals surface area contributed by atoms with Crippen LogP contribution < -0.4 is 34.3 Å². The molecule has 0 aliphatic carbocycles. The van der Waals surface area contributed by atoms with Crippen molar-refractivity contribution in [1.29, 1.82) is 0 Å². The second kappa shape index (κ2) is 13.5. The second-order valence-electron chi connectivity index (χ2n) is 10.2. The number of pyridine rings is 1. The maximum atomic E-state index is 12.9. The van der Waals surface area contributed by atoms with Crippen molar-refractivity contribution < 1.29 is 28.5 Å². The van der Waals surface area contributed by atoms with Crippen molar-refractivity contribution >= 4 is 22.6 Å². The summed E-state index contributed by atoms with van der Waals surface area (Å²) in [6.45, 7) is 1.90. The minimum absolute atomic E-state index is 0.0236. The van der Waals surface area contributed by atoms with E-state index in [1.54, 1.807) is 47.8 Å². The van der Waals surface area contributed by atoms with Gasteiger partial charge in [0.2, 0.25) is 5.75 Å². The van der Waals surface area contributed by atoms with Gasteiger partial charge in [0.15, 0.2) is 23.0 Å². The van der Waals surface area contributed by atoms with Crippen LogP contribution in [-0.2, 0) is 12.8 Å². The highest BCUT2D eigenvalue weighted by Crippen LogP contribution is 2.44. The molecule has 10 heteroatoms. The summed E-state index contributed by atoms with van der Waals surface area (Å²) in [7, 11) is 8.14. The fourth-order valence-electron chi connectivity index (χ4n) is 5.80. The van der Waals surface area contributed by atoms with Gasteiger partial charge >= 0.3 is 6.03 Å². The number of anilines is 1. The summed E-state index contributed by atoms with van der Waals surface area (Å²) in [5.74, 6) is 3.18. The molecule has 0 spiro atoms. The Morgan fingerprint density at radius 3 is 2.37 bits per heavy atom. The van der Waals surface area contributed by atoms with Crippen LogP contribution in [0.4, 0.5) is 10.5 Å². The Morgan fingerprint density at radius 2 is 1.63 bits per heavy atom. The largest absolute Gasteiger partial charge is 0.493 e. The number of hydrogen-bond donors (Lipinski definition) is 2. The Labute approximate surface area is 251 Å². The predicted octanol–water partition coefficient (Wildman–Crippen LogP) is 5.24. The van der Waals surface area contributed by atoms with Crippen LogP contribution in [0.5, 0.6) is 28.7 Å². The van der Waals surface area contributed by atoms with Gasteiger partial charge in [-0.15, -0.1) is 0 Å². The third kappa shape index (κ3) is 6.24. The Bertz CT molecular complexity index is 1590. The summed E-state index contributed by atoms with van der Waals surface area (Å²) >= 11 is 0. The summed E-state index contributed by atoms with van der Waals surface area (Å²) in [6, 6.07) is 17.3. The summed E-state index contributed by atoms with van der Waals surface area (Å²) in [5, 5.41) is 6.89. The molecule has 10 nitrogen and oxygen atoms in total. The predicted molar refractivity (Wildman–Crippen MR) is 166 cm³/mol. The van der Waals surface area contributed by atoms with Crippen molar-refractivity contribution in [1.82, 2.24) is 15.2 Å². The van der Waals surface area contributed by atoms with Gasteiger partial charge in [-0.3, -0.25) is 9.88 Å². The zero-order valence-corrected chi connectivity index (χ0v) is 25.2. The van der Waals surface area contributed by atoms with Gasteiger partial charge in [-0.2, -0.15) is 0 Å². The lowest BCUT2D eigenvalue weighted by molar-refractivity contribution is 0.182. The van der Waals surface area contributed by atoms with E-state index in [0.717, 1.165) is 40.7 Å². The fourth-order valence-corrected chi connectivity index (χ4v) is 5.80. The van der Waals surface area contributed by atoms with Crippen LogP contribution in [-0.4, -0.2) is 71.1 Å². The molecule has 0 saturated heterocycles. The number of ether oxygens (including phenoxy) is 5. The van der Waals surface area contributed by atoms with Crippen LogP contribution in [0.2, 0.25) is 0 Å². The first-order chi connectivity index (χ1) is 21.0. The molecule has 0 saturated carbocycles. The topological polar surface area (TPSA) is 103 Å². The SMILES string of the molecule is COc1cc2c(cc1OC)C(Cc1ccc(OC)c(OC)c1OC)N(CCNC(=O)Nc1ccnc3ccccc13)CC2. The molecule has 2 amide bonds. The van der Waals surface area contributed by atoms with Gasteiger partial charge in [-0.1, -0.05) is 24.3 Å². The zero-order chi connectivity index (χ0) is 30.3. The first-order valence-corrected chi connectivity index (χ1v) is 14.2. The Hall–Kier alpha value is -4.70. The van der Waals surface area contributed by atoms with Crippen molar-refractivity contribution in [3.63, 3.8) is 0 Å². The number of nitrogens with one attached hydrogen (secondary N) is 2. The molecule has 1 atom stereocenters. The maximum absolute atomic E-state index is 12.9. The lowest BCUT2D eigenvalue weighted by atomic mass is 9.87. The molecule has 0 fully saturated rings. The lowest BCUT2D eigenvalue weighted by Crippen LogP contribution is -2.42. The minimum Gasteiger partial charge on any atom is -0.493 e. The number of carbonyl (C=O) groups excluding carboxylic acids is 1. The molecule has 3 aromatic carbocycles. The number of nitrogens with zero attached hydrogens (tertiary/aromatic N) is 2. The Morgan fingerprint density at radius 1 is 0.884 bits per heavy atom. The van der Waals surface area contributed by atoms with Crippen molar-refractivity contribution in [2.75, 3.05) is 60.5 Å². The molecule has 4 aromatic rings. The quantitative estimate of drug-likeness (QED) is 0.246. The highest BCUT2D eigenvalue weighted by Gasteiger charge is 2.31. The van der Waals surface area contributed by atoms with E-state index < -0.39 is 0 Å². The van der Waals surface area contributed by atoms with E-state index in [-0.39, 0.29) is 12.1 Å². The van der Waals surface area contributed by atoms with Crippen LogP contribution >= 0.6 is 0 Å². The van der Waals surface area contributed by atoms with Crippen LogP contribution in [0.1, 0.15) is 22.7 Å². The third-order valence-electron chi connectivity index (χ3n) is 7.89. The molecule has 1 aromatic heterocycles. The number of para-hydroxylation sites is 1. The average Bonchev–Trinajstić information content (AvgIpc) is 3.04. The van der Waals surface area contributed by atoms with Crippen LogP contribution in [0.25, 0.3) is 10.9 Å². The summed E-state index contributed by atoms with van der Waals surface area (Å²) in [4.78, 5) is 19.7. The molecule has 1 aliphatic rings. The number of rotatable bonds is 11. The molecule has 43 heavy (non-hydrogen) atoms. The molecule has 0 bridgehead atoms. The number of aromatic nitrogens is 1. The monoisotopic (exact) mass is 586 g/mol. The van der Waals surface area contributed by atoms with E-state index in [4.69, 9.17) is 23.7 Å². The number of hydrogen-bond acceptors (Lipinski definition) is 8. The molecule has 1 aliphatic heterocycles. The van der Waals surface area contributed by atoms with Crippen LogP contribution in [0.3, 0.4) is 0 Å². The van der Waals surface area contributed by atoms with Crippen molar-refractivity contribution in [3.8, 4) is 28.7 Å². The van der Waals surface area contributed by atoms with E-state index >= 15 is 0 Å². The summed E-state index contributed by atoms with van der Waals surface area (Å²) in [5.41, 5.74) is 4.87. The number of carbonyl (C=O) groups is 1. The van der Waals surface area contributed by atoms with Gasteiger partial charge in [-0.05, 0) is 54.3 Å². The highest BCUT2D eigenvalue weighted by atomic mass is 16.5. The number of methoxy groups -OCH3 is 5. The molecule has 0 radical (unpaired) electrons. The van der Waals surface area contributed by atoms with Crippen molar-refractivity contribution in [2.45, 2.75) is 18.9 Å². The number of benzene rings is 3. The Kier molecular flexibility index (Phi) is 9.36. The molecule has 2 heterocycles. The number of fused-ring (bicyclic) bond motifs is 2. The third-order valence-corrected chi connectivity index (χ3v) is 7.89. The number of amides is 2. The molecular weight excluding hydrogens is 548 g/mol. The fraction of sp³-hybridized carbons (Fsp3) is 0.333. The van der Waals surface area contributed by atoms with Gasteiger partial charge in [0.25, 0.3) is 0 Å². The van der Waals surface area contributed by atoms with Gasteiger partial charge < -0.3 is 34.3 Å². The molecule has 226 valence electrons. The average molecular weight is 587 g/mol. The number of urea groups is 1. The molecular formula is C33H38N4O6. The standard InChI is InChI=1S/C33H38N4O6/c1-39-28-11-10-22(31(42-4)32(28)43-5)18-27-24-20-30(41-3)29(40-2)19-21(24)13-16-37(27)17-15-35-33(38)36-26-12-14-34-25-9-7-6-8-23(25)26/h6-12,14,19-20,27H,13,15-18H2,1-5H3,(H2,34,35,36,38). The van der Waals surface area contributed by atoms with E-state index in [9.17, 15) is 4.79 Å². The van der Waals surface area contributed by atoms with Crippen molar-refractivity contribution in [3.05, 3.63) is 77.5 Å². The zero-order valence-electron chi connectivity index (χ0n) is 25.2.